The summed E-state index contributed by atoms with van der Waals surface area (Å²) < 4.78 is 9.18. The summed E-state index contributed by atoms with van der Waals surface area (Å²) in [5.41, 5.74) is 1.68. The lowest BCUT2D eigenvalue weighted by atomic mass is 10.2. The van der Waals surface area contributed by atoms with E-state index in [1.807, 2.05) is 36.4 Å². The number of anilines is 1. The lowest BCUT2D eigenvalue weighted by Crippen LogP contribution is -2.26. The second kappa shape index (κ2) is 9.55. The highest BCUT2D eigenvalue weighted by atomic mass is 16.5. The van der Waals surface area contributed by atoms with Crippen LogP contribution in [0.1, 0.15) is 15.9 Å². The molecule has 0 unspecified atom stereocenters. The van der Waals surface area contributed by atoms with E-state index in [0.717, 1.165) is 10.9 Å². The van der Waals surface area contributed by atoms with Gasteiger partial charge in [-0.3, -0.25) is 19.1 Å². The van der Waals surface area contributed by atoms with Crippen LogP contribution in [0, 0.1) is 0 Å². The standard InChI is InChI=1S/C29H21N5O4/c35-20-9-11-22-23(16-20)30-14-13-25(22)38-21-10-12-26(31-17-21)32-28(36)27-24-8-4-5-15-33(24)34(29(27)37)18-19-6-2-1-3-7-19/h1-17,35H,18H2,(H,31,32,36). The van der Waals surface area contributed by atoms with Crippen LogP contribution < -0.4 is 15.6 Å². The third kappa shape index (κ3) is 4.33. The number of benzene rings is 2. The third-order valence-corrected chi connectivity index (χ3v) is 6.10. The van der Waals surface area contributed by atoms with Gasteiger partial charge in [0.05, 0.1) is 23.8 Å². The Hall–Kier alpha value is -5.44. The summed E-state index contributed by atoms with van der Waals surface area (Å²) in [6, 6.07) is 24.7. The quantitative estimate of drug-likeness (QED) is 0.336. The van der Waals surface area contributed by atoms with Gasteiger partial charge in [0, 0.05) is 23.8 Å². The van der Waals surface area contributed by atoms with Gasteiger partial charge in [-0.15, -0.1) is 0 Å². The molecule has 0 aliphatic carbocycles. The number of carbonyl (C=O) groups is 1. The fourth-order valence-electron chi connectivity index (χ4n) is 4.32. The van der Waals surface area contributed by atoms with Crippen LogP contribution in [0.15, 0.2) is 108 Å². The number of hydrogen-bond donors (Lipinski definition) is 2. The maximum atomic E-state index is 13.3. The average Bonchev–Trinajstić information content (AvgIpc) is 3.21. The summed E-state index contributed by atoms with van der Waals surface area (Å²) >= 11 is 0. The summed E-state index contributed by atoms with van der Waals surface area (Å²) in [4.78, 5) is 35.1. The Kier molecular flexibility index (Phi) is 5.78. The molecule has 4 heterocycles. The number of hydrogen-bond acceptors (Lipinski definition) is 6. The van der Waals surface area contributed by atoms with E-state index < -0.39 is 11.5 Å². The number of ether oxygens (including phenoxy) is 1. The molecular weight excluding hydrogens is 482 g/mol. The molecule has 6 aromatic rings. The van der Waals surface area contributed by atoms with Crippen molar-refractivity contribution in [1.29, 1.82) is 0 Å². The highest BCUT2D eigenvalue weighted by molar-refractivity contribution is 6.08. The number of nitrogens with zero attached hydrogens (tertiary/aromatic N) is 4. The van der Waals surface area contributed by atoms with Crippen molar-refractivity contribution in [1.82, 2.24) is 19.2 Å². The van der Waals surface area contributed by atoms with E-state index >= 15 is 0 Å². The monoisotopic (exact) mass is 503 g/mol. The molecule has 0 atom stereocenters. The van der Waals surface area contributed by atoms with Gasteiger partial charge in [-0.1, -0.05) is 36.4 Å². The minimum Gasteiger partial charge on any atom is -0.508 e. The number of phenols is 1. The predicted octanol–water partition coefficient (Wildman–Crippen LogP) is 4.84. The van der Waals surface area contributed by atoms with E-state index in [1.54, 1.807) is 65.4 Å². The van der Waals surface area contributed by atoms with Crippen molar-refractivity contribution >= 4 is 28.1 Å². The second-order valence-corrected chi connectivity index (χ2v) is 8.60. The molecule has 0 radical (unpaired) electrons. The first kappa shape index (κ1) is 23.0. The Bertz CT molecular complexity index is 1840. The Morgan fingerprint density at radius 1 is 0.947 bits per heavy atom. The molecule has 0 aliphatic heterocycles. The molecule has 186 valence electrons. The number of rotatable bonds is 6. The molecule has 1 amide bonds. The van der Waals surface area contributed by atoms with Crippen molar-refractivity contribution in [2.45, 2.75) is 6.54 Å². The van der Waals surface area contributed by atoms with Gasteiger partial charge in [0.1, 0.15) is 28.6 Å². The van der Waals surface area contributed by atoms with Gasteiger partial charge in [-0.25, -0.2) is 9.67 Å². The fourth-order valence-corrected chi connectivity index (χ4v) is 4.32. The molecule has 2 N–H and O–H groups in total. The van der Waals surface area contributed by atoms with Crippen molar-refractivity contribution in [3.05, 3.63) is 125 Å². The number of nitrogens with one attached hydrogen (secondary N) is 1. The predicted molar refractivity (Wildman–Crippen MR) is 143 cm³/mol. The zero-order valence-electron chi connectivity index (χ0n) is 20.0. The molecule has 9 heteroatoms. The largest absolute Gasteiger partial charge is 0.508 e. The highest BCUT2D eigenvalue weighted by Crippen LogP contribution is 2.30. The van der Waals surface area contributed by atoms with Crippen molar-refractivity contribution in [2.75, 3.05) is 5.32 Å². The van der Waals surface area contributed by atoms with E-state index in [9.17, 15) is 14.7 Å². The maximum absolute atomic E-state index is 13.3. The highest BCUT2D eigenvalue weighted by Gasteiger charge is 2.21. The molecule has 0 aliphatic rings. The van der Waals surface area contributed by atoms with Crippen molar-refractivity contribution in [3.8, 4) is 17.2 Å². The Morgan fingerprint density at radius 3 is 2.61 bits per heavy atom. The number of aromatic hydroxyl groups is 1. The molecule has 0 saturated heterocycles. The van der Waals surface area contributed by atoms with Crippen molar-refractivity contribution < 1.29 is 14.6 Å². The van der Waals surface area contributed by atoms with Gasteiger partial charge >= 0.3 is 0 Å². The van der Waals surface area contributed by atoms with Crippen LogP contribution in [0.25, 0.3) is 16.4 Å². The summed E-state index contributed by atoms with van der Waals surface area (Å²) in [7, 11) is 0. The van der Waals surface area contributed by atoms with Gasteiger partial charge < -0.3 is 15.2 Å². The van der Waals surface area contributed by atoms with E-state index in [1.165, 1.54) is 10.9 Å². The average molecular weight is 504 g/mol. The zero-order chi connectivity index (χ0) is 26.1. The van der Waals surface area contributed by atoms with E-state index in [0.29, 0.717) is 29.1 Å². The van der Waals surface area contributed by atoms with Gasteiger partial charge in [-0.05, 0) is 48.0 Å². The van der Waals surface area contributed by atoms with Gasteiger partial charge in [0.25, 0.3) is 11.5 Å². The first-order valence-electron chi connectivity index (χ1n) is 11.8. The van der Waals surface area contributed by atoms with E-state index in [2.05, 4.69) is 15.3 Å². The van der Waals surface area contributed by atoms with Crippen LogP contribution in [0.5, 0.6) is 17.2 Å². The van der Waals surface area contributed by atoms with Crippen molar-refractivity contribution in [3.63, 3.8) is 0 Å². The molecule has 0 saturated carbocycles. The molecule has 2 aromatic carbocycles. The molecule has 6 rings (SSSR count). The van der Waals surface area contributed by atoms with Crippen LogP contribution in [-0.2, 0) is 6.54 Å². The summed E-state index contributed by atoms with van der Waals surface area (Å²) in [5, 5.41) is 13.1. The van der Waals surface area contributed by atoms with Gasteiger partial charge in [0.2, 0.25) is 0 Å². The van der Waals surface area contributed by atoms with Crippen LogP contribution in [0.2, 0.25) is 0 Å². The van der Waals surface area contributed by atoms with E-state index in [-0.39, 0.29) is 17.1 Å². The van der Waals surface area contributed by atoms with Gasteiger partial charge in [0.15, 0.2) is 0 Å². The number of pyridine rings is 3. The molecule has 4 aromatic heterocycles. The number of fused-ring (bicyclic) bond motifs is 2. The number of carbonyl (C=O) groups excluding carboxylic acids is 1. The first-order valence-corrected chi connectivity index (χ1v) is 11.8. The molecule has 38 heavy (non-hydrogen) atoms. The molecule has 9 nitrogen and oxygen atoms in total. The Morgan fingerprint density at radius 2 is 1.79 bits per heavy atom. The van der Waals surface area contributed by atoms with Gasteiger partial charge in [-0.2, -0.15) is 0 Å². The third-order valence-electron chi connectivity index (χ3n) is 6.10. The molecule has 0 bridgehead atoms. The van der Waals surface area contributed by atoms with Crippen LogP contribution in [0.3, 0.4) is 0 Å². The number of amides is 1. The smallest absolute Gasteiger partial charge is 0.280 e. The summed E-state index contributed by atoms with van der Waals surface area (Å²) in [6.45, 7) is 0.325. The van der Waals surface area contributed by atoms with Crippen LogP contribution in [-0.4, -0.2) is 30.2 Å². The minimum absolute atomic E-state index is 0.0372. The maximum Gasteiger partial charge on any atom is 0.280 e. The summed E-state index contributed by atoms with van der Waals surface area (Å²) in [6.07, 6.45) is 4.82. The normalized spacial score (nSPS) is 11.1. The Balaban J connectivity index is 1.25. The van der Waals surface area contributed by atoms with Crippen LogP contribution in [0.4, 0.5) is 5.82 Å². The zero-order valence-corrected chi connectivity index (χ0v) is 20.0. The fraction of sp³-hybridized carbons (Fsp3) is 0.0345. The summed E-state index contributed by atoms with van der Waals surface area (Å²) in [5.74, 6) is 0.838. The SMILES string of the molecule is O=C(Nc1ccc(Oc2ccnc3cc(O)ccc23)cn1)c1c(=O)n(Cc2ccccc2)n2ccccc12. The number of aromatic nitrogens is 4. The molecule has 0 spiro atoms. The first-order chi connectivity index (χ1) is 18.6. The van der Waals surface area contributed by atoms with Crippen LogP contribution >= 0.6 is 0 Å². The minimum atomic E-state index is -0.549. The Labute approximate surface area is 216 Å². The molecular formula is C29H21N5O4. The van der Waals surface area contributed by atoms with E-state index in [4.69, 9.17) is 4.74 Å². The lowest BCUT2D eigenvalue weighted by molar-refractivity contribution is 0.102. The topological polar surface area (TPSA) is 111 Å². The lowest BCUT2D eigenvalue weighted by Gasteiger charge is -2.09. The molecule has 0 fully saturated rings. The number of phenolic OH excluding ortho intramolecular Hbond substituents is 1. The van der Waals surface area contributed by atoms with Crippen molar-refractivity contribution in [2.24, 2.45) is 0 Å². The second-order valence-electron chi connectivity index (χ2n) is 8.60.